The van der Waals surface area contributed by atoms with Crippen LogP contribution in [0.3, 0.4) is 0 Å². The second-order valence-corrected chi connectivity index (χ2v) is 9.90. The molecule has 8 nitrogen and oxygen atoms in total. The SMILES string of the molecule is CC(C)(C)OC(=O)N[C@@H]1CN(C(=O)OCC2c3ccccc3-c3ccccc32)[C@@H]2C(=O)CO[C@@H]21. The van der Waals surface area contributed by atoms with Gasteiger partial charge >= 0.3 is 12.2 Å². The van der Waals surface area contributed by atoms with Crippen molar-refractivity contribution in [1.82, 2.24) is 10.2 Å². The summed E-state index contributed by atoms with van der Waals surface area (Å²) in [6.45, 7) is 5.46. The minimum atomic E-state index is -0.782. The summed E-state index contributed by atoms with van der Waals surface area (Å²) in [5.74, 6) is -0.284. The number of alkyl carbamates (subject to hydrolysis) is 1. The minimum absolute atomic E-state index is 0.0824. The molecule has 0 bridgehead atoms. The van der Waals surface area contributed by atoms with Gasteiger partial charge in [-0.15, -0.1) is 0 Å². The summed E-state index contributed by atoms with van der Waals surface area (Å²) < 4.78 is 16.7. The zero-order valence-corrected chi connectivity index (χ0v) is 19.4. The molecule has 2 amide bonds. The van der Waals surface area contributed by atoms with E-state index in [-0.39, 0.29) is 31.5 Å². The highest BCUT2D eigenvalue weighted by Gasteiger charge is 2.53. The molecule has 34 heavy (non-hydrogen) atoms. The first kappa shape index (κ1) is 22.4. The van der Waals surface area contributed by atoms with Crippen LogP contribution in [0.5, 0.6) is 0 Å². The van der Waals surface area contributed by atoms with Crippen molar-refractivity contribution in [2.45, 2.75) is 50.5 Å². The lowest BCUT2D eigenvalue weighted by Gasteiger charge is -2.23. The number of carbonyl (C=O) groups is 3. The quantitative estimate of drug-likeness (QED) is 0.748. The lowest BCUT2D eigenvalue weighted by molar-refractivity contribution is -0.121. The molecule has 5 rings (SSSR count). The Morgan fingerprint density at radius 2 is 1.68 bits per heavy atom. The van der Waals surface area contributed by atoms with Gasteiger partial charge in [0.1, 0.15) is 31.0 Å². The van der Waals surface area contributed by atoms with Crippen molar-refractivity contribution < 1.29 is 28.6 Å². The molecule has 2 aliphatic heterocycles. The van der Waals surface area contributed by atoms with Gasteiger partial charge in [-0.3, -0.25) is 9.69 Å². The van der Waals surface area contributed by atoms with Crippen LogP contribution in [0.4, 0.5) is 9.59 Å². The van der Waals surface area contributed by atoms with Crippen LogP contribution < -0.4 is 5.32 Å². The molecule has 0 aromatic heterocycles. The van der Waals surface area contributed by atoms with Gasteiger partial charge < -0.3 is 19.5 Å². The number of likely N-dealkylation sites (tertiary alicyclic amines) is 1. The third-order valence-electron chi connectivity index (χ3n) is 6.46. The van der Waals surface area contributed by atoms with Crippen molar-refractivity contribution in [3.05, 3.63) is 59.7 Å². The summed E-state index contributed by atoms with van der Waals surface area (Å²) in [5, 5.41) is 2.75. The number of nitrogens with one attached hydrogen (secondary N) is 1. The van der Waals surface area contributed by atoms with Crippen LogP contribution in [0, 0.1) is 0 Å². The van der Waals surface area contributed by atoms with Gasteiger partial charge in [-0.05, 0) is 43.0 Å². The fraction of sp³-hybridized carbons (Fsp3) is 0.423. The van der Waals surface area contributed by atoms with Crippen molar-refractivity contribution in [3.63, 3.8) is 0 Å². The summed E-state index contributed by atoms with van der Waals surface area (Å²) in [6, 6.07) is 14.9. The molecular formula is C26H28N2O6. The van der Waals surface area contributed by atoms with Crippen LogP contribution >= 0.6 is 0 Å². The van der Waals surface area contributed by atoms with Gasteiger partial charge in [0.25, 0.3) is 0 Å². The summed E-state index contributed by atoms with van der Waals surface area (Å²) in [7, 11) is 0. The van der Waals surface area contributed by atoms with Crippen LogP contribution in [0.2, 0.25) is 0 Å². The van der Waals surface area contributed by atoms with E-state index in [9.17, 15) is 14.4 Å². The maximum atomic E-state index is 13.1. The molecule has 2 fully saturated rings. The average molecular weight is 465 g/mol. The van der Waals surface area contributed by atoms with E-state index in [0.717, 1.165) is 22.3 Å². The number of benzene rings is 2. The Labute approximate surface area is 198 Å². The number of nitrogens with zero attached hydrogens (tertiary/aromatic N) is 1. The highest BCUT2D eigenvalue weighted by molar-refractivity contribution is 5.92. The zero-order chi connectivity index (χ0) is 24.0. The molecule has 8 heteroatoms. The van der Waals surface area contributed by atoms with Gasteiger partial charge in [0.15, 0.2) is 5.78 Å². The molecule has 3 aliphatic rings. The van der Waals surface area contributed by atoms with E-state index in [4.69, 9.17) is 14.2 Å². The lowest BCUT2D eigenvalue weighted by atomic mass is 9.98. The number of ketones is 1. The Morgan fingerprint density at radius 3 is 2.29 bits per heavy atom. The van der Waals surface area contributed by atoms with E-state index in [1.165, 1.54) is 4.90 Å². The molecule has 2 aromatic rings. The topological polar surface area (TPSA) is 94.2 Å². The van der Waals surface area contributed by atoms with Crippen molar-refractivity contribution in [3.8, 4) is 11.1 Å². The van der Waals surface area contributed by atoms with E-state index < -0.39 is 36.0 Å². The van der Waals surface area contributed by atoms with Crippen LogP contribution in [-0.2, 0) is 19.0 Å². The Balaban J connectivity index is 1.29. The maximum absolute atomic E-state index is 13.1. The van der Waals surface area contributed by atoms with Crippen molar-refractivity contribution in [1.29, 1.82) is 0 Å². The molecule has 1 aliphatic carbocycles. The monoisotopic (exact) mass is 464 g/mol. The Kier molecular flexibility index (Phi) is 5.56. The molecule has 1 N–H and O–H groups in total. The summed E-state index contributed by atoms with van der Waals surface area (Å²) in [5.41, 5.74) is 3.84. The summed E-state index contributed by atoms with van der Waals surface area (Å²) in [6.07, 6.45) is -1.83. The molecule has 0 unspecified atom stereocenters. The standard InChI is InChI=1S/C26H28N2O6/c1-26(2,3)34-24(30)27-20-12-28(22-21(29)14-32-23(20)22)25(31)33-13-19-17-10-6-4-8-15(17)16-9-5-7-11-18(16)19/h4-11,19-20,22-23H,12-14H2,1-3H3,(H,27,30)/t20-,22-,23-/m1/s1. The third-order valence-corrected chi connectivity index (χ3v) is 6.46. The van der Waals surface area contributed by atoms with Crippen LogP contribution in [0.1, 0.15) is 37.8 Å². The number of amides is 2. The zero-order valence-electron chi connectivity index (χ0n) is 19.4. The first-order valence-corrected chi connectivity index (χ1v) is 11.5. The van der Waals surface area contributed by atoms with E-state index in [1.54, 1.807) is 20.8 Å². The second kappa shape index (κ2) is 8.43. The molecule has 2 aromatic carbocycles. The molecule has 0 saturated carbocycles. The van der Waals surface area contributed by atoms with Crippen LogP contribution in [0.25, 0.3) is 11.1 Å². The van der Waals surface area contributed by atoms with Gasteiger partial charge in [-0.2, -0.15) is 0 Å². The molecule has 2 saturated heterocycles. The van der Waals surface area contributed by atoms with Gasteiger partial charge in [0.2, 0.25) is 0 Å². The van der Waals surface area contributed by atoms with Gasteiger partial charge in [0.05, 0.1) is 6.04 Å². The molecule has 0 radical (unpaired) electrons. The number of hydrogen-bond acceptors (Lipinski definition) is 6. The average Bonchev–Trinajstić information content (AvgIpc) is 3.43. The van der Waals surface area contributed by atoms with Crippen molar-refractivity contribution in [2.75, 3.05) is 19.8 Å². The van der Waals surface area contributed by atoms with E-state index in [2.05, 4.69) is 29.6 Å². The Bertz CT molecular complexity index is 1090. The summed E-state index contributed by atoms with van der Waals surface area (Å²) >= 11 is 0. The predicted octanol–water partition coefficient (Wildman–Crippen LogP) is 3.48. The number of ether oxygens (including phenoxy) is 3. The van der Waals surface area contributed by atoms with E-state index in [1.807, 2.05) is 24.3 Å². The number of rotatable bonds is 3. The first-order chi connectivity index (χ1) is 16.2. The van der Waals surface area contributed by atoms with Crippen molar-refractivity contribution >= 4 is 18.0 Å². The second-order valence-electron chi connectivity index (χ2n) is 9.90. The minimum Gasteiger partial charge on any atom is -0.448 e. The van der Waals surface area contributed by atoms with E-state index >= 15 is 0 Å². The normalized spacial score (nSPS) is 23.3. The smallest absolute Gasteiger partial charge is 0.410 e. The summed E-state index contributed by atoms with van der Waals surface area (Å²) in [4.78, 5) is 39.3. The third kappa shape index (κ3) is 4.03. The highest BCUT2D eigenvalue weighted by atomic mass is 16.6. The predicted molar refractivity (Wildman–Crippen MR) is 123 cm³/mol. The van der Waals surface area contributed by atoms with Gasteiger partial charge in [-0.25, -0.2) is 9.59 Å². The van der Waals surface area contributed by atoms with Crippen molar-refractivity contribution in [2.24, 2.45) is 0 Å². The fourth-order valence-corrected chi connectivity index (χ4v) is 5.11. The number of fused-ring (bicyclic) bond motifs is 4. The number of hydrogen-bond donors (Lipinski definition) is 1. The van der Waals surface area contributed by atoms with Gasteiger partial charge in [-0.1, -0.05) is 48.5 Å². The molecule has 3 atom stereocenters. The van der Waals surface area contributed by atoms with Gasteiger partial charge in [0, 0.05) is 12.5 Å². The molecule has 178 valence electrons. The number of carbonyl (C=O) groups excluding carboxylic acids is 3. The first-order valence-electron chi connectivity index (χ1n) is 11.5. The lowest BCUT2D eigenvalue weighted by Crippen LogP contribution is -2.46. The molecule has 2 heterocycles. The molecule has 0 spiro atoms. The van der Waals surface area contributed by atoms with Crippen LogP contribution in [0.15, 0.2) is 48.5 Å². The Morgan fingerprint density at radius 1 is 1.06 bits per heavy atom. The van der Waals surface area contributed by atoms with E-state index in [0.29, 0.717) is 0 Å². The largest absolute Gasteiger partial charge is 0.448 e. The maximum Gasteiger partial charge on any atom is 0.410 e. The Hall–Kier alpha value is -3.39. The molecular weight excluding hydrogens is 436 g/mol. The number of Topliss-reactive ketones (excluding diaryl/α,β-unsaturated/α-hetero) is 1. The highest BCUT2D eigenvalue weighted by Crippen LogP contribution is 2.44. The fourth-order valence-electron chi connectivity index (χ4n) is 5.11. The van der Waals surface area contributed by atoms with Crippen LogP contribution in [-0.4, -0.2) is 66.4 Å².